The molecule has 1 aromatic heterocycles. The minimum Gasteiger partial charge on any atom is -0.323 e. The molecular formula is C11H20N4. The number of aryl methyl sites for hydroxylation is 1. The van der Waals surface area contributed by atoms with Gasteiger partial charge in [-0.2, -0.15) is 5.10 Å². The molecule has 1 aliphatic carbocycles. The molecule has 0 spiro atoms. The van der Waals surface area contributed by atoms with Crippen molar-refractivity contribution in [3.05, 3.63) is 18.0 Å². The topological polar surface area (TPSA) is 55.9 Å². The highest BCUT2D eigenvalue weighted by atomic mass is 15.2. The molecule has 0 aromatic carbocycles. The minimum atomic E-state index is 0.0665. The highest BCUT2D eigenvalue weighted by Gasteiger charge is 2.34. The number of nitrogens with zero attached hydrogens (tertiary/aromatic N) is 2. The second-order valence-electron chi connectivity index (χ2n) is 4.47. The first-order valence-corrected chi connectivity index (χ1v) is 5.68. The monoisotopic (exact) mass is 208 g/mol. The number of hydrogen-bond acceptors (Lipinski definition) is 3. The summed E-state index contributed by atoms with van der Waals surface area (Å²) < 4.78 is 1.79. The summed E-state index contributed by atoms with van der Waals surface area (Å²) in [7, 11) is 1.91. The van der Waals surface area contributed by atoms with E-state index in [0.29, 0.717) is 6.04 Å². The van der Waals surface area contributed by atoms with Crippen molar-refractivity contribution in [1.29, 1.82) is 0 Å². The average Bonchev–Trinajstić information content (AvgIpc) is 2.87. The minimum absolute atomic E-state index is 0.0665. The number of hydrogen-bond donors (Lipinski definition) is 2. The fourth-order valence-corrected chi connectivity index (χ4v) is 1.98. The molecule has 0 saturated heterocycles. The molecule has 3 N–H and O–H groups in total. The second kappa shape index (κ2) is 4.33. The van der Waals surface area contributed by atoms with Crippen molar-refractivity contribution in [3.63, 3.8) is 0 Å². The molecule has 2 rings (SSSR count). The van der Waals surface area contributed by atoms with Crippen molar-refractivity contribution < 1.29 is 0 Å². The van der Waals surface area contributed by atoms with Crippen LogP contribution in [0.15, 0.2) is 12.4 Å². The van der Waals surface area contributed by atoms with Crippen molar-refractivity contribution in [2.45, 2.75) is 31.8 Å². The van der Waals surface area contributed by atoms with Crippen molar-refractivity contribution >= 4 is 0 Å². The Morgan fingerprint density at radius 2 is 2.53 bits per heavy atom. The van der Waals surface area contributed by atoms with Crippen LogP contribution in [-0.4, -0.2) is 22.4 Å². The molecule has 0 radical (unpaired) electrons. The van der Waals surface area contributed by atoms with E-state index in [1.807, 2.05) is 19.4 Å². The Morgan fingerprint density at radius 1 is 1.73 bits per heavy atom. The maximum absolute atomic E-state index is 6.06. The van der Waals surface area contributed by atoms with Gasteiger partial charge in [0.05, 0.1) is 6.20 Å². The average molecular weight is 208 g/mol. The molecule has 4 heteroatoms. The Bertz CT molecular complexity index is 320. The van der Waals surface area contributed by atoms with E-state index in [1.54, 1.807) is 4.68 Å². The summed E-state index contributed by atoms with van der Waals surface area (Å²) in [6.07, 6.45) is 6.42. The molecule has 0 amide bonds. The van der Waals surface area contributed by atoms with E-state index >= 15 is 0 Å². The quantitative estimate of drug-likeness (QED) is 0.753. The smallest absolute Gasteiger partial charge is 0.0537 e. The van der Waals surface area contributed by atoms with Crippen LogP contribution in [0.1, 0.15) is 31.4 Å². The molecule has 15 heavy (non-hydrogen) atoms. The summed E-state index contributed by atoms with van der Waals surface area (Å²) in [5.74, 6) is 0.881. The maximum atomic E-state index is 6.06. The number of rotatable bonds is 5. The van der Waals surface area contributed by atoms with E-state index in [4.69, 9.17) is 5.73 Å². The van der Waals surface area contributed by atoms with Crippen LogP contribution < -0.4 is 11.1 Å². The zero-order valence-corrected chi connectivity index (χ0v) is 9.48. The van der Waals surface area contributed by atoms with Crippen LogP contribution in [0.5, 0.6) is 0 Å². The van der Waals surface area contributed by atoms with Gasteiger partial charge in [0.25, 0.3) is 0 Å². The van der Waals surface area contributed by atoms with Crippen molar-refractivity contribution in [2.75, 3.05) is 6.54 Å². The predicted molar refractivity (Wildman–Crippen MR) is 60.3 cm³/mol. The Hall–Kier alpha value is -0.870. The lowest BCUT2D eigenvalue weighted by Gasteiger charge is -2.10. The van der Waals surface area contributed by atoms with Crippen LogP contribution in [0.3, 0.4) is 0 Å². The van der Waals surface area contributed by atoms with Gasteiger partial charge in [-0.3, -0.25) is 4.68 Å². The molecule has 3 unspecified atom stereocenters. The SMILES string of the molecule is CCC1CC1NCC(N)c1cnn(C)c1. The lowest BCUT2D eigenvalue weighted by molar-refractivity contribution is 0.565. The molecule has 3 atom stereocenters. The lowest BCUT2D eigenvalue weighted by Crippen LogP contribution is -2.29. The Labute approximate surface area is 90.8 Å². The summed E-state index contributed by atoms with van der Waals surface area (Å²) >= 11 is 0. The predicted octanol–water partition coefficient (Wildman–Crippen LogP) is 0.808. The van der Waals surface area contributed by atoms with Crippen LogP contribution in [0.2, 0.25) is 0 Å². The van der Waals surface area contributed by atoms with Crippen LogP contribution in [0.25, 0.3) is 0 Å². The summed E-state index contributed by atoms with van der Waals surface area (Å²) in [5, 5.41) is 7.62. The van der Waals surface area contributed by atoms with E-state index in [0.717, 1.165) is 18.0 Å². The zero-order valence-electron chi connectivity index (χ0n) is 9.48. The van der Waals surface area contributed by atoms with Gasteiger partial charge in [-0.25, -0.2) is 0 Å². The van der Waals surface area contributed by atoms with Gasteiger partial charge in [0.1, 0.15) is 0 Å². The standard InChI is InChI=1S/C11H20N4/c1-3-8-4-11(8)13-6-10(12)9-5-14-15(2)7-9/h5,7-8,10-11,13H,3-4,6,12H2,1-2H3. The normalized spacial score (nSPS) is 26.6. The summed E-state index contributed by atoms with van der Waals surface area (Å²) in [5.41, 5.74) is 7.17. The van der Waals surface area contributed by atoms with Gasteiger partial charge in [-0.15, -0.1) is 0 Å². The molecule has 4 nitrogen and oxygen atoms in total. The van der Waals surface area contributed by atoms with Crippen molar-refractivity contribution in [3.8, 4) is 0 Å². The van der Waals surface area contributed by atoms with Crippen LogP contribution in [-0.2, 0) is 7.05 Å². The maximum Gasteiger partial charge on any atom is 0.0537 e. The van der Waals surface area contributed by atoms with E-state index in [-0.39, 0.29) is 6.04 Å². The van der Waals surface area contributed by atoms with Crippen molar-refractivity contribution in [1.82, 2.24) is 15.1 Å². The molecule has 0 bridgehead atoms. The van der Waals surface area contributed by atoms with Gasteiger partial charge in [0.2, 0.25) is 0 Å². The molecule has 1 aliphatic rings. The van der Waals surface area contributed by atoms with Gasteiger partial charge in [0, 0.05) is 37.4 Å². The fraction of sp³-hybridized carbons (Fsp3) is 0.727. The van der Waals surface area contributed by atoms with E-state index in [1.165, 1.54) is 12.8 Å². The van der Waals surface area contributed by atoms with Gasteiger partial charge in [-0.1, -0.05) is 13.3 Å². The largest absolute Gasteiger partial charge is 0.323 e. The molecule has 1 heterocycles. The molecule has 1 fully saturated rings. The number of nitrogens with one attached hydrogen (secondary N) is 1. The molecule has 1 aromatic rings. The summed E-state index contributed by atoms with van der Waals surface area (Å²) in [6.45, 7) is 3.10. The van der Waals surface area contributed by atoms with Gasteiger partial charge < -0.3 is 11.1 Å². The molecule has 84 valence electrons. The third-order valence-corrected chi connectivity index (χ3v) is 3.20. The van der Waals surface area contributed by atoms with E-state index < -0.39 is 0 Å². The van der Waals surface area contributed by atoms with E-state index in [2.05, 4.69) is 17.3 Å². The second-order valence-corrected chi connectivity index (χ2v) is 4.47. The molecule has 0 aliphatic heterocycles. The third kappa shape index (κ3) is 2.58. The molecule has 1 saturated carbocycles. The van der Waals surface area contributed by atoms with Gasteiger partial charge >= 0.3 is 0 Å². The zero-order chi connectivity index (χ0) is 10.8. The molecular weight excluding hydrogens is 188 g/mol. The lowest BCUT2D eigenvalue weighted by atomic mass is 10.2. The number of nitrogens with two attached hydrogens (primary N) is 1. The van der Waals surface area contributed by atoms with Crippen LogP contribution in [0.4, 0.5) is 0 Å². The Balaban J connectivity index is 1.75. The first-order valence-electron chi connectivity index (χ1n) is 5.68. The summed E-state index contributed by atoms with van der Waals surface area (Å²) in [4.78, 5) is 0. The Morgan fingerprint density at radius 3 is 3.07 bits per heavy atom. The van der Waals surface area contributed by atoms with Crippen LogP contribution >= 0.6 is 0 Å². The number of aromatic nitrogens is 2. The fourth-order valence-electron chi connectivity index (χ4n) is 1.98. The first-order chi connectivity index (χ1) is 7.20. The Kier molecular flexibility index (Phi) is 3.07. The first kappa shape index (κ1) is 10.6. The highest BCUT2D eigenvalue weighted by Crippen LogP contribution is 2.33. The van der Waals surface area contributed by atoms with Gasteiger partial charge in [0.15, 0.2) is 0 Å². The third-order valence-electron chi connectivity index (χ3n) is 3.20. The van der Waals surface area contributed by atoms with Crippen LogP contribution in [0, 0.1) is 5.92 Å². The highest BCUT2D eigenvalue weighted by molar-refractivity contribution is 5.10. The summed E-state index contributed by atoms with van der Waals surface area (Å²) in [6, 6.07) is 0.773. The van der Waals surface area contributed by atoms with E-state index in [9.17, 15) is 0 Å². The van der Waals surface area contributed by atoms with Gasteiger partial charge in [-0.05, 0) is 12.3 Å². The van der Waals surface area contributed by atoms with Crippen molar-refractivity contribution in [2.24, 2.45) is 18.7 Å².